The van der Waals surface area contributed by atoms with Crippen LogP contribution in [0.1, 0.15) is 49.8 Å². The molecule has 126 valence electrons. The fraction of sp³-hybridized carbons (Fsp3) is 0.348. The first kappa shape index (κ1) is 18.2. The molecule has 0 radical (unpaired) electrons. The van der Waals surface area contributed by atoms with Gasteiger partial charge in [-0.2, -0.15) is 0 Å². The number of aryl methyl sites for hydroxylation is 3. The molecule has 1 aliphatic carbocycles. The zero-order valence-electron chi connectivity index (χ0n) is 15.4. The van der Waals surface area contributed by atoms with E-state index in [0.29, 0.717) is 6.42 Å². The maximum Gasteiger partial charge on any atom is 0.124 e. The van der Waals surface area contributed by atoms with E-state index in [1.807, 2.05) is 6.92 Å². The van der Waals surface area contributed by atoms with Gasteiger partial charge >= 0.3 is 0 Å². The molecule has 0 aromatic heterocycles. The molecule has 1 aliphatic rings. The number of aldehydes is 1. The number of hydrogen-bond acceptors (Lipinski definition) is 1. The van der Waals surface area contributed by atoms with Crippen LogP contribution in [0, 0.1) is 13.8 Å². The van der Waals surface area contributed by atoms with E-state index in [2.05, 4.69) is 63.3 Å². The number of carbonyl (C=O) groups is 1. The van der Waals surface area contributed by atoms with E-state index in [1.54, 1.807) is 0 Å². The highest BCUT2D eigenvalue weighted by Crippen LogP contribution is 2.27. The van der Waals surface area contributed by atoms with Crippen molar-refractivity contribution in [2.75, 3.05) is 0 Å². The highest BCUT2D eigenvalue weighted by atomic mass is 16.1. The smallest absolute Gasteiger partial charge is 0.124 e. The molecule has 0 saturated carbocycles. The minimum absolute atomic E-state index is 0.491. The highest BCUT2D eigenvalue weighted by Gasteiger charge is 2.10. The van der Waals surface area contributed by atoms with Crippen LogP contribution >= 0.6 is 0 Å². The monoisotopic (exact) mass is 320 g/mol. The summed E-state index contributed by atoms with van der Waals surface area (Å²) in [4.78, 5) is 10.9. The second kappa shape index (κ2) is 8.63. The Morgan fingerprint density at radius 2 is 1.92 bits per heavy atom. The van der Waals surface area contributed by atoms with Gasteiger partial charge < -0.3 is 4.79 Å². The SMILES string of the molecule is C/C=C(/CC=O)C1=CCC=C(CCc2ccc(C)cc2C)C=C1C. The van der Waals surface area contributed by atoms with Gasteiger partial charge in [-0.25, -0.2) is 0 Å². The average molecular weight is 320 g/mol. The van der Waals surface area contributed by atoms with Crippen LogP contribution in [0.25, 0.3) is 0 Å². The minimum Gasteiger partial charge on any atom is -0.303 e. The molecule has 1 aromatic rings. The van der Waals surface area contributed by atoms with Crippen molar-refractivity contribution in [1.29, 1.82) is 0 Å². The predicted molar refractivity (Wildman–Crippen MR) is 103 cm³/mol. The van der Waals surface area contributed by atoms with Gasteiger partial charge in [-0.15, -0.1) is 0 Å². The van der Waals surface area contributed by atoms with E-state index < -0.39 is 0 Å². The molecule has 1 aromatic carbocycles. The van der Waals surface area contributed by atoms with Crippen LogP contribution in [-0.4, -0.2) is 6.29 Å². The molecule has 0 aliphatic heterocycles. The molecule has 0 fully saturated rings. The molecule has 0 bridgehead atoms. The van der Waals surface area contributed by atoms with Crippen molar-refractivity contribution in [2.45, 2.75) is 53.4 Å². The second-order valence-corrected chi connectivity index (χ2v) is 6.57. The first-order valence-electron chi connectivity index (χ1n) is 8.78. The fourth-order valence-corrected chi connectivity index (χ4v) is 3.34. The van der Waals surface area contributed by atoms with Gasteiger partial charge in [0.05, 0.1) is 0 Å². The minimum atomic E-state index is 0.491. The van der Waals surface area contributed by atoms with Crippen molar-refractivity contribution < 1.29 is 4.79 Å². The summed E-state index contributed by atoms with van der Waals surface area (Å²) in [5.74, 6) is 0. The van der Waals surface area contributed by atoms with Gasteiger partial charge in [-0.1, -0.05) is 53.6 Å². The first-order chi connectivity index (χ1) is 11.5. The van der Waals surface area contributed by atoms with Crippen molar-refractivity contribution in [3.63, 3.8) is 0 Å². The second-order valence-electron chi connectivity index (χ2n) is 6.57. The van der Waals surface area contributed by atoms with Crippen LogP contribution in [-0.2, 0) is 11.2 Å². The third-order valence-electron chi connectivity index (χ3n) is 4.71. The Kier molecular flexibility index (Phi) is 6.54. The van der Waals surface area contributed by atoms with E-state index in [-0.39, 0.29) is 0 Å². The molecule has 0 N–H and O–H groups in total. The summed E-state index contributed by atoms with van der Waals surface area (Å²) in [5, 5.41) is 0. The molecule has 1 nitrogen and oxygen atoms in total. The molecule has 0 amide bonds. The van der Waals surface area contributed by atoms with Crippen molar-refractivity contribution in [2.24, 2.45) is 0 Å². The van der Waals surface area contributed by atoms with E-state index in [4.69, 9.17) is 0 Å². The summed E-state index contributed by atoms with van der Waals surface area (Å²) < 4.78 is 0. The Morgan fingerprint density at radius 1 is 1.12 bits per heavy atom. The van der Waals surface area contributed by atoms with Crippen LogP contribution < -0.4 is 0 Å². The van der Waals surface area contributed by atoms with Crippen LogP contribution in [0.2, 0.25) is 0 Å². The quantitative estimate of drug-likeness (QED) is 0.590. The largest absolute Gasteiger partial charge is 0.303 e. The molecule has 0 heterocycles. The molecular formula is C23H28O. The van der Waals surface area contributed by atoms with Crippen molar-refractivity contribution >= 4 is 6.29 Å². The van der Waals surface area contributed by atoms with Crippen molar-refractivity contribution in [3.05, 3.63) is 81.5 Å². The summed E-state index contributed by atoms with van der Waals surface area (Å²) in [5.41, 5.74) is 9.13. The molecule has 0 spiro atoms. The molecule has 2 rings (SSSR count). The van der Waals surface area contributed by atoms with Gasteiger partial charge in [0.15, 0.2) is 0 Å². The molecule has 24 heavy (non-hydrogen) atoms. The fourth-order valence-electron chi connectivity index (χ4n) is 3.34. The Labute approximate surface area is 146 Å². The average Bonchev–Trinajstić information content (AvgIpc) is 2.73. The molecule has 0 saturated heterocycles. The summed E-state index contributed by atoms with van der Waals surface area (Å²) >= 11 is 0. The van der Waals surface area contributed by atoms with Gasteiger partial charge in [-0.05, 0) is 74.8 Å². The molecule has 0 unspecified atom stereocenters. The lowest BCUT2D eigenvalue weighted by Crippen LogP contribution is -1.94. The lowest BCUT2D eigenvalue weighted by molar-refractivity contribution is -0.107. The third kappa shape index (κ3) is 4.67. The van der Waals surface area contributed by atoms with Gasteiger partial charge in [0, 0.05) is 6.42 Å². The van der Waals surface area contributed by atoms with E-state index in [1.165, 1.54) is 33.4 Å². The maximum atomic E-state index is 10.9. The molecule has 1 heteroatoms. The number of carbonyl (C=O) groups excluding carboxylic acids is 1. The Balaban J connectivity index is 2.10. The van der Waals surface area contributed by atoms with Crippen molar-refractivity contribution in [1.82, 2.24) is 0 Å². The molecular weight excluding hydrogens is 292 g/mol. The maximum absolute atomic E-state index is 10.9. The topological polar surface area (TPSA) is 17.1 Å². The number of allylic oxidation sites excluding steroid dienone is 8. The van der Waals surface area contributed by atoms with Gasteiger partial charge in [0.2, 0.25) is 0 Å². The van der Waals surface area contributed by atoms with Gasteiger partial charge in [0.25, 0.3) is 0 Å². The van der Waals surface area contributed by atoms with Gasteiger partial charge in [0.1, 0.15) is 6.29 Å². The summed E-state index contributed by atoms with van der Waals surface area (Å²) in [6.07, 6.45) is 13.4. The lowest BCUT2D eigenvalue weighted by Gasteiger charge is -2.11. The van der Waals surface area contributed by atoms with Crippen LogP contribution in [0.3, 0.4) is 0 Å². The van der Waals surface area contributed by atoms with Crippen molar-refractivity contribution in [3.8, 4) is 0 Å². The lowest BCUT2D eigenvalue weighted by atomic mass is 9.94. The summed E-state index contributed by atoms with van der Waals surface area (Å²) in [7, 11) is 0. The van der Waals surface area contributed by atoms with E-state index >= 15 is 0 Å². The van der Waals surface area contributed by atoms with Crippen LogP contribution in [0.5, 0.6) is 0 Å². The van der Waals surface area contributed by atoms with E-state index in [0.717, 1.165) is 31.1 Å². The predicted octanol–water partition coefficient (Wildman–Crippen LogP) is 5.97. The summed E-state index contributed by atoms with van der Waals surface area (Å²) in [6, 6.07) is 6.71. The van der Waals surface area contributed by atoms with Crippen LogP contribution in [0.4, 0.5) is 0 Å². The van der Waals surface area contributed by atoms with E-state index in [9.17, 15) is 4.79 Å². The highest BCUT2D eigenvalue weighted by molar-refractivity contribution is 5.61. The zero-order valence-corrected chi connectivity index (χ0v) is 15.4. The number of benzene rings is 1. The zero-order chi connectivity index (χ0) is 17.5. The third-order valence-corrected chi connectivity index (χ3v) is 4.71. The summed E-state index contributed by atoms with van der Waals surface area (Å²) in [6.45, 7) is 8.49. The Hall–Kier alpha value is -2.15. The van der Waals surface area contributed by atoms with Crippen LogP contribution in [0.15, 0.2) is 64.8 Å². The molecule has 0 atom stereocenters. The first-order valence-corrected chi connectivity index (χ1v) is 8.78. The standard InChI is InChI=1S/C23H28O/c1-5-21(13-14-24)23-8-6-7-20(16-19(23)4)10-12-22-11-9-17(2)15-18(22)3/h5,7-9,11,14-16H,6,10,12-13H2,1-4H3/b21-5-. The Morgan fingerprint density at radius 3 is 2.58 bits per heavy atom. The normalized spacial score (nSPS) is 15.3. The number of rotatable bonds is 6. The van der Waals surface area contributed by atoms with Gasteiger partial charge in [-0.3, -0.25) is 0 Å². The Bertz CT molecular complexity index is 726. The number of hydrogen-bond donors (Lipinski definition) is 0.